The van der Waals surface area contributed by atoms with E-state index in [1.807, 2.05) is 50.2 Å². The number of nitrogens with zero attached hydrogens (tertiary/aromatic N) is 5. The highest BCUT2D eigenvalue weighted by atomic mass is 16.3. The van der Waals surface area contributed by atoms with Gasteiger partial charge in [0.25, 0.3) is 0 Å². The number of pyridine rings is 1. The second kappa shape index (κ2) is 6.88. The van der Waals surface area contributed by atoms with Crippen molar-refractivity contribution >= 4 is 22.5 Å². The standard InChI is InChI=1S/C20H23N5O/c1-14-11-19(22-15(2)21-14)24-7-9-25(10-8-24)20-17(13-26)12-16-5-3-4-6-18(16)23-20/h3-6,11-12,26H,7-10,13H2,1-2H3. The molecule has 0 saturated carbocycles. The van der Waals surface area contributed by atoms with Crippen LogP contribution in [0.1, 0.15) is 17.1 Å². The average Bonchev–Trinajstić information content (AvgIpc) is 2.66. The smallest absolute Gasteiger partial charge is 0.134 e. The highest BCUT2D eigenvalue weighted by Crippen LogP contribution is 2.25. The van der Waals surface area contributed by atoms with Crippen molar-refractivity contribution in [1.82, 2.24) is 15.0 Å². The molecule has 3 aromatic rings. The van der Waals surface area contributed by atoms with Crippen LogP contribution >= 0.6 is 0 Å². The quantitative estimate of drug-likeness (QED) is 0.784. The number of aromatic nitrogens is 3. The van der Waals surface area contributed by atoms with Crippen LogP contribution < -0.4 is 9.80 Å². The highest BCUT2D eigenvalue weighted by Gasteiger charge is 2.22. The molecule has 1 aliphatic rings. The van der Waals surface area contributed by atoms with Crippen LogP contribution in [-0.4, -0.2) is 46.2 Å². The van der Waals surface area contributed by atoms with Crippen LogP contribution in [0.2, 0.25) is 0 Å². The number of hydrogen-bond acceptors (Lipinski definition) is 6. The summed E-state index contributed by atoms with van der Waals surface area (Å²) in [6, 6.07) is 12.1. The maximum absolute atomic E-state index is 9.81. The fourth-order valence-electron chi connectivity index (χ4n) is 3.55. The van der Waals surface area contributed by atoms with Gasteiger partial charge in [0.05, 0.1) is 12.1 Å². The summed E-state index contributed by atoms with van der Waals surface area (Å²) >= 11 is 0. The Morgan fingerprint density at radius 1 is 0.923 bits per heavy atom. The van der Waals surface area contributed by atoms with Gasteiger partial charge in [-0.05, 0) is 26.0 Å². The molecule has 1 fully saturated rings. The first-order valence-corrected chi connectivity index (χ1v) is 8.96. The maximum atomic E-state index is 9.81. The molecule has 3 heterocycles. The first-order chi connectivity index (χ1) is 12.6. The molecule has 0 aliphatic carbocycles. The van der Waals surface area contributed by atoms with Crippen LogP contribution in [0.4, 0.5) is 11.6 Å². The fourth-order valence-corrected chi connectivity index (χ4v) is 3.55. The molecular formula is C20H23N5O. The number of para-hydroxylation sites is 1. The molecule has 6 heteroatoms. The molecule has 0 bridgehead atoms. The van der Waals surface area contributed by atoms with E-state index in [0.29, 0.717) is 0 Å². The number of fused-ring (bicyclic) bond motifs is 1. The van der Waals surface area contributed by atoms with Gasteiger partial charge in [-0.1, -0.05) is 18.2 Å². The van der Waals surface area contributed by atoms with Gasteiger partial charge in [-0.25, -0.2) is 15.0 Å². The molecule has 6 nitrogen and oxygen atoms in total. The van der Waals surface area contributed by atoms with Gasteiger partial charge < -0.3 is 14.9 Å². The van der Waals surface area contributed by atoms with Crippen molar-refractivity contribution in [2.24, 2.45) is 0 Å². The number of rotatable bonds is 3. The molecule has 0 unspecified atom stereocenters. The number of anilines is 2. The lowest BCUT2D eigenvalue weighted by molar-refractivity contribution is 0.281. The molecule has 2 aromatic heterocycles. The molecular weight excluding hydrogens is 326 g/mol. The third-order valence-electron chi connectivity index (χ3n) is 4.81. The molecule has 134 valence electrons. The highest BCUT2D eigenvalue weighted by molar-refractivity contribution is 5.81. The summed E-state index contributed by atoms with van der Waals surface area (Å²) in [6.07, 6.45) is 0. The van der Waals surface area contributed by atoms with E-state index >= 15 is 0 Å². The van der Waals surface area contributed by atoms with E-state index in [9.17, 15) is 5.11 Å². The SMILES string of the molecule is Cc1cc(N2CCN(c3nc4ccccc4cc3CO)CC2)nc(C)n1. The molecule has 1 N–H and O–H groups in total. The lowest BCUT2D eigenvalue weighted by atomic mass is 10.1. The Morgan fingerprint density at radius 3 is 2.38 bits per heavy atom. The van der Waals surface area contributed by atoms with Crippen LogP contribution in [-0.2, 0) is 6.61 Å². The van der Waals surface area contributed by atoms with E-state index in [2.05, 4.69) is 19.8 Å². The molecule has 1 aromatic carbocycles. The minimum absolute atomic E-state index is 0.00230. The average molecular weight is 349 g/mol. The Labute approximate surface area is 153 Å². The number of aryl methyl sites for hydroxylation is 2. The second-order valence-corrected chi connectivity index (χ2v) is 6.71. The zero-order valence-corrected chi connectivity index (χ0v) is 15.2. The van der Waals surface area contributed by atoms with E-state index in [0.717, 1.165) is 65.8 Å². The normalized spacial score (nSPS) is 14.9. The van der Waals surface area contributed by atoms with Crippen molar-refractivity contribution < 1.29 is 5.11 Å². The topological polar surface area (TPSA) is 65.4 Å². The van der Waals surface area contributed by atoms with Crippen molar-refractivity contribution in [2.45, 2.75) is 20.5 Å². The van der Waals surface area contributed by atoms with Gasteiger partial charge in [0.2, 0.25) is 0 Å². The predicted octanol–water partition coefficient (Wildman–Crippen LogP) is 2.46. The van der Waals surface area contributed by atoms with Gasteiger partial charge in [-0.15, -0.1) is 0 Å². The van der Waals surface area contributed by atoms with Gasteiger partial charge >= 0.3 is 0 Å². The molecule has 26 heavy (non-hydrogen) atoms. The number of piperazine rings is 1. The number of hydrogen-bond donors (Lipinski definition) is 1. The molecule has 0 amide bonds. The van der Waals surface area contributed by atoms with E-state index in [1.54, 1.807) is 0 Å². The first-order valence-electron chi connectivity index (χ1n) is 8.96. The van der Waals surface area contributed by atoms with Crippen LogP contribution in [0.25, 0.3) is 10.9 Å². The van der Waals surface area contributed by atoms with Crippen LogP contribution in [0, 0.1) is 13.8 Å². The first kappa shape index (κ1) is 16.7. The summed E-state index contributed by atoms with van der Waals surface area (Å²) < 4.78 is 0. The zero-order valence-electron chi connectivity index (χ0n) is 15.2. The third-order valence-corrected chi connectivity index (χ3v) is 4.81. The van der Waals surface area contributed by atoms with Crippen molar-refractivity contribution in [2.75, 3.05) is 36.0 Å². The predicted molar refractivity (Wildman–Crippen MR) is 104 cm³/mol. The molecule has 0 radical (unpaired) electrons. The van der Waals surface area contributed by atoms with Crippen molar-refractivity contribution in [3.8, 4) is 0 Å². The third kappa shape index (κ3) is 3.20. The minimum atomic E-state index is -0.00230. The lowest BCUT2D eigenvalue weighted by Crippen LogP contribution is -2.47. The largest absolute Gasteiger partial charge is 0.392 e. The number of benzene rings is 1. The summed E-state index contributed by atoms with van der Waals surface area (Å²) in [5.41, 5.74) is 2.84. The van der Waals surface area contributed by atoms with Crippen molar-refractivity contribution in [3.05, 3.63) is 53.5 Å². The maximum Gasteiger partial charge on any atom is 0.134 e. The van der Waals surface area contributed by atoms with Crippen LogP contribution in [0.15, 0.2) is 36.4 Å². The van der Waals surface area contributed by atoms with E-state index in [4.69, 9.17) is 4.98 Å². The van der Waals surface area contributed by atoms with Crippen LogP contribution in [0.5, 0.6) is 0 Å². The zero-order chi connectivity index (χ0) is 18.1. The van der Waals surface area contributed by atoms with Gasteiger partial charge in [-0.3, -0.25) is 0 Å². The van der Waals surface area contributed by atoms with Gasteiger partial charge in [0, 0.05) is 48.9 Å². The Bertz CT molecular complexity index is 914. The fraction of sp³-hybridized carbons (Fsp3) is 0.350. The Morgan fingerprint density at radius 2 is 1.65 bits per heavy atom. The summed E-state index contributed by atoms with van der Waals surface area (Å²) in [5, 5.41) is 10.9. The Hall–Kier alpha value is -2.73. The minimum Gasteiger partial charge on any atom is -0.392 e. The molecule has 1 saturated heterocycles. The van der Waals surface area contributed by atoms with E-state index in [-0.39, 0.29) is 6.61 Å². The van der Waals surface area contributed by atoms with Crippen molar-refractivity contribution in [1.29, 1.82) is 0 Å². The number of aliphatic hydroxyl groups excluding tert-OH is 1. The monoisotopic (exact) mass is 349 g/mol. The van der Waals surface area contributed by atoms with E-state index < -0.39 is 0 Å². The summed E-state index contributed by atoms with van der Waals surface area (Å²) in [5.74, 6) is 2.69. The number of aliphatic hydroxyl groups is 1. The Kier molecular flexibility index (Phi) is 4.42. The Balaban J connectivity index is 1.57. The van der Waals surface area contributed by atoms with Crippen molar-refractivity contribution in [3.63, 3.8) is 0 Å². The molecule has 1 aliphatic heterocycles. The van der Waals surface area contributed by atoms with E-state index in [1.165, 1.54) is 0 Å². The summed E-state index contributed by atoms with van der Waals surface area (Å²) in [7, 11) is 0. The lowest BCUT2D eigenvalue weighted by Gasteiger charge is -2.37. The molecule has 0 atom stereocenters. The van der Waals surface area contributed by atoms with Crippen LogP contribution in [0.3, 0.4) is 0 Å². The van der Waals surface area contributed by atoms with Gasteiger partial charge in [0.1, 0.15) is 17.5 Å². The molecule has 4 rings (SSSR count). The van der Waals surface area contributed by atoms with Gasteiger partial charge in [-0.2, -0.15) is 0 Å². The van der Waals surface area contributed by atoms with Gasteiger partial charge in [0.15, 0.2) is 0 Å². The summed E-state index contributed by atoms with van der Waals surface area (Å²) in [6.45, 7) is 7.36. The summed E-state index contributed by atoms with van der Waals surface area (Å²) in [4.78, 5) is 18.3. The second-order valence-electron chi connectivity index (χ2n) is 6.71. The molecule has 0 spiro atoms.